The van der Waals surface area contributed by atoms with E-state index < -0.39 is 0 Å². The van der Waals surface area contributed by atoms with E-state index in [0.29, 0.717) is 36.1 Å². The van der Waals surface area contributed by atoms with E-state index >= 15 is 0 Å². The van der Waals surface area contributed by atoms with Crippen LogP contribution in [0.3, 0.4) is 0 Å². The zero-order chi connectivity index (χ0) is 21.1. The fourth-order valence-electron chi connectivity index (χ4n) is 3.62. The third-order valence-corrected chi connectivity index (χ3v) is 5.36. The van der Waals surface area contributed by atoms with Gasteiger partial charge in [0.15, 0.2) is 0 Å². The van der Waals surface area contributed by atoms with Gasteiger partial charge in [-0.15, -0.1) is 0 Å². The van der Waals surface area contributed by atoms with E-state index in [-0.39, 0.29) is 23.5 Å². The number of pyridine rings is 1. The second kappa shape index (κ2) is 8.75. The Morgan fingerprint density at radius 1 is 1.30 bits per heavy atom. The van der Waals surface area contributed by atoms with Gasteiger partial charge in [0, 0.05) is 29.9 Å². The standard InChI is InChI=1S/C22H22ClN3O4/c1-2-29-22(28)14-4-3-10-26(13-14)21(27)18-12-19-17(9-11-30-19)20(25-18)24-16-7-5-15(23)6-8-16/h5-9,11-12,14H,2-4,10,13H2,1H3,(H,24,25)/t14-/m1/s1. The Hall–Kier alpha value is -3.06. The van der Waals surface area contributed by atoms with Gasteiger partial charge < -0.3 is 19.4 Å². The predicted molar refractivity (Wildman–Crippen MR) is 114 cm³/mol. The molecule has 2 aromatic heterocycles. The molecule has 0 aliphatic carbocycles. The van der Waals surface area contributed by atoms with Crippen molar-refractivity contribution < 1.29 is 18.7 Å². The van der Waals surface area contributed by atoms with Crippen molar-refractivity contribution in [1.82, 2.24) is 9.88 Å². The zero-order valence-corrected chi connectivity index (χ0v) is 17.3. The van der Waals surface area contributed by atoms with Gasteiger partial charge in [-0.25, -0.2) is 4.98 Å². The summed E-state index contributed by atoms with van der Waals surface area (Å²) in [6.45, 7) is 3.02. The first-order valence-electron chi connectivity index (χ1n) is 9.92. The van der Waals surface area contributed by atoms with E-state index in [1.807, 2.05) is 12.1 Å². The second-order valence-corrected chi connectivity index (χ2v) is 7.60. The first kappa shape index (κ1) is 20.2. The van der Waals surface area contributed by atoms with Gasteiger partial charge in [-0.05, 0) is 50.1 Å². The lowest BCUT2D eigenvalue weighted by molar-refractivity contribution is -0.149. The van der Waals surface area contributed by atoms with E-state index in [4.69, 9.17) is 20.8 Å². The second-order valence-electron chi connectivity index (χ2n) is 7.16. The third-order valence-electron chi connectivity index (χ3n) is 5.10. The molecular weight excluding hydrogens is 406 g/mol. The lowest BCUT2D eigenvalue weighted by Gasteiger charge is -2.31. The van der Waals surface area contributed by atoms with Gasteiger partial charge in [-0.3, -0.25) is 9.59 Å². The van der Waals surface area contributed by atoms with Crippen LogP contribution in [-0.4, -0.2) is 41.5 Å². The van der Waals surface area contributed by atoms with Gasteiger partial charge >= 0.3 is 5.97 Å². The summed E-state index contributed by atoms with van der Waals surface area (Å²) in [5.41, 5.74) is 1.61. The summed E-state index contributed by atoms with van der Waals surface area (Å²) < 4.78 is 10.7. The van der Waals surface area contributed by atoms with Crippen LogP contribution in [0.4, 0.5) is 11.5 Å². The molecule has 0 radical (unpaired) electrons. The van der Waals surface area contributed by atoms with Crippen LogP contribution in [0.5, 0.6) is 0 Å². The van der Waals surface area contributed by atoms with Crippen molar-refractivity contribution in [2.45, 2.75) is 19.8 Å². The maximum absolute atomic E-state index is 13.2. The summed E-state index contributed by atoms with van der Waals surface area (Å²) in [4.78, 5) is 31.5. The molecule has 156 valence electrons. The number of aromatic nitrogens is 1. The monoisotopic (exact) mass is 427 g/mol. The lowest BCUT2D eigenvalue weighted by atomic mass is 9.98. The highest BCUT2D eigenvalue weighted by Gasteiger charge is 2.30. The maximum Gasteiger partial charge on any atom is 0.310 e. The highest BCUT2D eigenvalue weighted by molar-refractivity contribution is 6.30. The number of fused-ring (bicyclic) bond motifs is 1. The molecule has 4 rings (SSSR count). The number of hydrogen-bond acceptors (Lipinski definition) is 6. The predicted octanol–water partition coefficient (Wildman–Crippen LogP) is 4.64. The molecule has 8 heteroatoms. The Kier molecular flexibility index (Phi) is 5.90. The molecule has 0 bridgehead atoms. The first-order valence-corrected chi connectivity index (χ1v) is 10.3. The fraction of sp³-hybridized carbons (Fsp3) is 0.318. The van der Waals surface area contributed by atoms with Gasteiger partial charge in [0.25, 0.3) is 5.91 Å². The maximum atomic E-state index is 13.2. The number of likely N-dealkylation sites (tertiary alicyclic amines) is 1. The number of benzene rings is 1. The van der Waals surface area contributed by atoms with Gasteiger partial charge in [-0.2, -0.15) is 0 Å². The van der Waals surface area contributed by atoms with Gasteiger partial charge in [-0.1, -0.05) is 11.6 Å². The Labute approximate surface area is 179 Å². The summed E-state index contributed by atoms with van der Waals surface area (Å²) >= 11 is 5.96. The van der Waals surface area contributed by atoms with Crippen LogP contribution >= 0.6 is 11.6 Å². The number of carbonyl (C=O) groups is 2. The molecule has 0 spiro atoms. The molecule has 7 nitrogen and oxygen atoms in total. The summed E-state index contributed by atoms with van der Waals surface area (Å²) in [5.74, 6) is -0.275. The van der Waals surface area contributed by atoms with E-state index in [1.165, 1.54) is 0 Å². The average molecular weight is 428 g/mol. The van der Waals surface area contributed by atoms with E-state index in [9.17, 15) is 9.59 Å². The fourth-order valence-corrected chi connectivity index (χ4v) is 3.74. The van der Waals surface area contributed by atoms with Crippen LogP contribution in [0.1, 0.15) is 30.3 Å². The minimum absolute atomic E-state index is 0.235. The van der Waals surface area contributed by atoms with Crippen LogP contribution in [-0.2, 0) is 9.53 Å². The first-order chi connectivity index (χ1) is 14.5. The summed E-state index contributed by atoms with van der Waals surface area (Å²) in [7, 11) is 0. The summed E-state index contributed by atoms with van der Waals surface area (Å²) in [6, 6.07) is 10.6. The van der Waals surface area contributed by atoms with Crippen molar-refractivity contribution in [1.29, 1.82) is 0 Å². The van der Waals surface area contributed by atoms with Crippen LogP contribution in [0.15, 0.2) is 47.1 Å². The van der Waals surface area contributed by atoms with E-state index in [1.54, 1.807) is 42.4 Å². The smallest absolute Gasteiger partial charge is 0.310 e. The molecule has 1 aromatic carbocycles. The number of piperidine rings is 1. The average Bonchev–Trinajstić information content (AvgIpc) is 3.24. The quantitative estimate of drug-likeness (QED) is 0.597. The van der Waals surface area contributed by atoms with E-state index in [2.05, 4.69) is 10.3 Å². The Morgan fingerprint density at radius 2 is 2.10 bits per heavy atom. The number of halogens is 1. The summed E-state index contributed by atoms with van der Waals surface area (Å²) in [6.07, 6.45) is 3.02. The molecule has 0 saturated carbocycles. The van der Waals surface area contributed by atoms with Crippen molar-refractivity contribution in [3.63, 3.8) is 0 Å². The van der Waals surface area contributed by atoms with Crippen LogP contribution < -0.4 is 5.32 Å². The number of rotatable bonds is 5. The molecule has 3 aromatic rings. The molecule has 1 amide bonds. The number of anilines is 2. The molecule has 30 heavy (non-hydrogen) atoms. The molecule has 1 aliphatic heterocycles. The van der Waals surface area contributed by atoms with Crippen LogP contribution in [0.25, 0.3) is 11.0 Å². The number of ether oxygens (including phenoxy) is 1. The minimum Gasteiger partial charge on any atom is -0.466 e. The van der Waals surface area contributed by atoms with Crippen molar-refractivity contribution in [3.8, 4) is 0 Å². The Bertz CT molecular complexity index is 1060. The van der Waals surface area contributed by atoms with Crippen molar-refractivity contribution in [3.05, 3.63) is 53.4 Å². The SMILES string of the molecule is CCOC(=O)[C@@H]1CCCN(C(=O)c2cc3occc3c(Nc3ccc(Cl)cc3)n2)C1. The van der Waals surface area contributed by atoms with Crippen LogP contribution in [0.2, 0.25) is 5.02 Å². The molecule has 3 heterocycles. The van der Waals surface area contributed by atoms with Gasteiger partial charge in [0.05, 0.1) is 24.2 Å². The van der Waals surface area contributed by atoms with Gasteiger partial charge in [0.2, 0.25) is 0 Å². The normalized spacial score (nSPS) is 16.5. The number of nitrogens with one attached hydrogen (secondary N) is 1. The lowest BCUT2D eigenvalue weighted by Crippen LogP contribution is -2.43. The largest absolute Gasteiger partial charge is 0.466 e. The molecule has 0 unspecified atom stereocenters. The Morgan fingerprint density at radius 3 is 2.87 bits per heavy atom. The number of hydrogen-bond donors (Lipinski definition) is 1. The number of nitrogens with zero attached hydrogens (tertiary/aromatic N) is 2. The molecule has 1 saturated heterocycles. The van der Waals surface area contributed by atoms with Crippen molar-refractivity contribution >= 4 is 46.0 Å². The molecule has 1 fully saturated rings. The molecule has 1 aliphatic rings. The highest BCUT2D eigenvalue weighted by atomic mass is 35.5. The molecule has 1 atom stereocenters. The number of furan rings is 1. The van der Waals surface area contributed by atoms with Crippen molar-refractivity contribution in [2.75, 3.05) is 25.0 Å². The van der Waals surface area contributed by atoms with E-state index in [0.717, 1.165) is 23.9 Å². The highest BCUT2D eigenvalue weighted by Crippen LogP contribution is 2.28. The molecule has 1 N–H and O–H groups in total. The van der Waals surface area contributed by atoms with Crippen LogP contribution in [0, 0.1) is 5.92 Å². The Balaban J connectivity index is 1.60. The third kappa shape index (κ3) is 4.26. The van der Waals surface area contributed by atoms with Gasteiger partial charge in [0.1, 0.15) is 17.1 Å². The number of esters is 1. The minimum atomic E-state index is -0.304. The number of carbonyl (C=O) groups excluding carboxylic acids is 2. The molecular formula is C22H22ClN3O4. The number of amides is 1. The topological polar surface area (TPSA) is 84.7 Å². The van der Waals surface area contributed by atoms with Crippen molar-refractivity contribution in [2.24, 2.45) is 5.92 Å². The zero-order valence-electron chi connectivity index (χ0n) is 16.6. The summed E-state index contributed by atoms with van der Waals surface area (Å²) in [5, 5.41) is 4.63.